The van der Waals surface area contributed by atoms with Gasteiger partial charge in [0.15, 0.2) is 6.10 Å². The number of nitrogens with two attached hydrogens (primary N) is 1. The number of aromatic nitrogens is 2. The highest BCUT2D eigenvalue weighted by atomic mass is 19.4. The van der Waals surface area contributed by atoms with Crippen molar-refractivity contribution in [3.8, 4) is 11.8 Å². The Hall–Kier alpha value is -3.09. The van der Waals surface area contributed by atoms with Gasteiger partial charge in [0.1, 0.15) is 18.0 Å². The summed E-state index contributed by atoms with van der Waals surface area (Å²) < 4.78 is 74.0. The molecule has 0 fully saturated rings. The third kappa shape index (κ3) is 4.34. The molecule has 0 bridgehead atoms. The first kappa shape index (κ1) is 20.6. The molecule has 1 aliphatic rings. The van der Waals surface area contributed by atoms with Crippen molar-refractivity contribution in [3.05, 3.63) is 53.1 Å². The second-order valence-corrected chi connectivity index (χ2v) is 6.50. The summed E-state index contributed by atoms with van der Waals surface area (Å²) in [6, 6.07) is 2.69. The number of aliphatic imine (C=N–C) groups is 1. The van der Waals surface area contributed by atoms with Crippen LogP contribution in [0.25, 0.3) is 0 Å². The van der Waals surface area contributed by atoms with E-state index in [2.05, 4.69) is 26.7 Å². The number of alkyl halides is 4. The maximum absolute atomic E-state index is 14.5. The third-order valence-corrected chi connectivity index (χ3v) is 4.47. The van der Waals surface area contributed by atoms with Crippen LogP contribution in [-0.2, 0) is 16.8 Å². The van der Waals surface area contributed by atoms with Gasteiger partial charge in [0.05, 0.1) is 11.8 Å². The summed E-state index contributed by atoms with van der Waals surface area (Å²) in [5.41, 5.74) is 3.71. The van der Waals surface area contributed by atoms with Gasteiger partial charge < -0.3 is 10.5 Å². The number of hydrogen-bond acceptors (Lipinski definition) is 4. The van der Waals surface area contributed by atoms with Crippen molar-refractivity contribution >= 4 is 6.02 Å². The van der Waals surface area contributed by atoms with Gasteiger partial charge in [-0.1, -0.05) is 11.8 Å². The summed E-state index contributed by atoms with van der Waals surface area (Å²) in [6.45, 7) is 1.17. The summed E-state index contributed by atoms with van der Waals surface area (Å²) in [4.78, 5) is 3.70. The van der Waals surface area contributed by atoms with E-state index >= 15 is 0 Å². The van der Waals surface area contributed by atoms with Crippen LogP contribution in [0.15, 0.2) is 35.6 Å². The van der Waals surface area contributed by atoms with Crippen molar-refractivity contribution in [2.24, 2.45) is 10.7 Å². The average Bonchev–Trinajstić information content (AvgIpc) is 3.14. The van der Waals surface area contributed by atoms with Crippen LogP contribution in [0.1, 0.15) is 30.0 Å². The molecule has 0 unspecified atom stereocenters. The molecule has 0 aliphatic carbocycles. The second kappa shape index (κ2) is 7.73. The molecule has 2 aromatic rings. The van der Waals surface area contributed by atoms with E-state index in [9.17, 15) is 22.0 Å². The lowest BCUT2D eigenvalue weighted by atomic mass is 9.84. The number of benzene rings is 1. The van der Waals surface area contributed by atoms with Gasteiger partial charge in [0, 0.05) is 30.3 Å². The van der Waals surface area contributed by atoms with Crippen LogP contribution >= 0.6 is 0 Å². The molecule has 1 aromatic carbocycles. The summed E-state index contributed by atoms with van der Waals surface area (Å²) in [7, 11) is 0. The molecule has 29 heavy (non-hydrogen) atoms. The van der Waals surface area contributed by atoms with Crippen LogP contribution in [-0.4, -0.2) is 34.8 Å². The van der Waals surface area contributed by atoms with Gasteiger partial charge in [-0.2, -0.15) is 18.3 Å². The molecular weight excluding hydrogens is 395 g/mol. The lowest BCUT2D eigenvalue weighted by molar-refractivity contribution is -0.209. The van der Waals surface area contributed by atoms with E-state index in [0.29, 0.717) is 12.1 Å². The maximum atomic E-state index is 14.5. The fraction of sp³-hybridized carbons (Fsp3) is 0.368. The zero-order chi connectivity index (χ0) is 21.2. The highest BCUT2D eigenvalue weighted by Crippen LogP contribution is 2.41. The summed E-state index contributed by atoms with van der Waals surface area (Å²) in [5.74, 6) is 4.69. The monoisotopic (exact) mass is 412 g/mol. The first-order valence-electron chi connectivity index (χ1n) is 8.66. The molecule has 2 atom stereocenters. The Morgan fingerprint density at radius 1 is 1.31 bits per heavy atom. The van der Waals surface area contributed by atoms with Gasteiger partial charge in [0.2, 0.25) is 0 Å². The highest BCUT2D eigenvalue weighted by Gasteiger charge is 2.52. The lowest BCUT2D eigenvalue weighted by Gasteiger charge is -2.36. The average molecular weight is 412 g/mol. The fourth-order valence-electron chi connectivity index (χ4n) is 2.99. The topological polar surface area (TPSA) is 65.4 Å². The van der Waals surface area contributed by atoms with E-state index in [0.717, 1.165) is 6.07 Å². The quantitative estimate of drug-likeness (QED) is 0.622. The zero-order valence-corrected chi connectivity index (χ0v) is 15.3. The van der Waals surface area contributed by atoms with Gasteiger partial charge in [-0.25, -0.2) is 13.8 Å². The second-order valence-electron chi connectivity index (χ2n) is 6.50. The van der Waals surface area contributed by atoms with E-state index in [1.165, 1.54) is 12.1 Å². The molecule has 0 saturated carbocycles. The minimum Gasteiger partial charge on any atom is -0.452 e. The van der Waals surface area contributed by atoms with Crippen molar-refractivity contribution in [2.75, 3.05) is 6.67 Å². The molecular formula is C19H17F5N4O. The van der Waals surface area contributed by atoms with Crippen LogP contribution in [0, 0.1) is 17.7 Å². The molecule has 5 nitrogen and oxygen atoms in total. The molecule has 1 aromatic heterocycles. The third-order valence-electron chi connectivity index (χ3n) is 4.47. The van der Waals surface area contributed by atoms with Gasteiger partial charge >= 0.3 is 6.18 Å². The minimum atomic E-state index is -4.81. The Balaban J connectivity index is 2.01. The van der Waals surface area contributed by atoms with Gasteiger partial charge in [-0.15, -0.1) is 0 Å². The predicted molar refractivity (Wildman–Crippen MR) is 95.1 cm³/mol. The Kier molecular flexibility index (Phi) is 5.50. The van der Waals surface area contributed by atoms with Crippen LogP contribution in [0.3, 0.4) is 0 Å². The first-order chi connectivity index (χ1) is 13.7. The molecule has 0 saturated heterocycles. The molecule has 1 aliphatic heterocycles. The summed E-state index contributed by atoms with van der Waals surface area (Å²) in [6.07, 6.45) is -4.90. The van der Waals surface area contributed by atoms with Crippen LogP contribution < -0.4 is 5.73 Å². The van der Waals surface area contributed by atoms with E-state index in [-0.39, 0.29) is 11.1 Å². The number of ether oxygens (including phenoxy) is 1. The maximum Gasteiger partial charge on any atom is 0.425 e. The summed E-state index contributed by atoms with van der Waals surface area (Å²) >= 11 is 0. The van der Waals surface area contributed by atoms with Gasteiger partial charge in [0.25, 0.3) is 6.02 Å². The van der Waals surface area contributed by atoms with Crippen LogP contribution in [0.5, 0.6) is 0 Å². The van der Waals surface area contributed by atoms with Gasteiger partial charge in [-0.3, -0.25) is 4.68 Å². The normalized spacial score (nSPS) is 21.7. The van der Waals surface area contributed by atoms with E-state index in [1.807, 2.05) is 6.92 Å². The predicted octanol–water partition coefficient (Wildman–Crippen LogP) is 3.27. The first-order valence-corrected chi connectivity index (χ1v) is 8.66. The zero-order valence-electron chi connectivity index (χ0n) is 15.3. The minimum absolute atomic E-state index is 0.280. The van der Waals surface area contributed by atoms with Crippen molar-refractivity contribution in [3.63, 3.8) is 0 Å². The van der Waals surface area contributed by atoms with Crippen molar-refractivity contribution in [1.29, 1.82) is 0 Å². The lowest BCUT2D eigenvalue weighted by Crippen LogP contribution is -2.48. The molecule has 0 amide bonds. The van der Waals surface area contributed by atoms with E-state index < -0.39 is 42.8 Å². The number of hydrogen-bond donors (Lipinski definition) is 1. The van der Waals surface area contributed by atoms with Crippen LogP contribution in [0.4, 0.5) is 22.0 Å². The fourth-order valence-corrected chi connectivity index (χ4v) is 2.99. The number of rotatable bonds is 3. The smallest absolute Gasteiger partial charge is 0.425 e. The van der Waals surface area contributed by atoms with Crippen LogP contribution in [0.2, 0.25) is 0 Å². The number of halogens is 5. The Labute approximate surface area is 163 Å². The molecule has 2 N–H and O–H groups in total. The Morgan fingerprint density at radius 3 is 2.66 bits per heavy atom. The van der Waals surface area contributed by atoms with E-state index in [4.69, 9.17) is 5.73 Å². The number of nitrogens with zero attached hydrogens (tertiary/aromatic N) is 3. The SMILES string of the molecule is CCn1cc(C#Cc2ccc(F)c([C@]3(CF)C[C@@H](C(F)(F)F)OC(N)=N3)c2)cn1. The molecule has 2 heterocycles. The molecule has 0 radical (unpaired) electrons. The van der Waals surface area contributed by atoms with Crippen molar-refractivity contribution in [1.82, 2.24) is 9.78 Å². The van der Waals surface area contributed by atoms with E-state index in [1.54, 1.807) is 17.1 Å². The largest absolute Gasteiger partial charge is 0.452 e. The Morgan fingerprint density at radius 2 is 2.03 bits per heavy atom. The molecule has 10 heteroatoms. The van der Waals surface area contributed by atoms with Gasteiger partial charge in [-0.05, 0) is 25.1 Å². The molecule has 3 rings (SSSR count). The number of aryl methyl sites for hydroxylation is 1. The molecule has 0 spiro atoms. The highest BCUT2D eigenvalue weighted by molar-refractivity contribution is 5.73. The van der Waals surface area contributed by atoms with Crippen molar-refractivity contribution < 1.29 is 26.7 Å². The molecule has 154 valence electrons. The standard InChI is InChI=1S/C19H17F5N4O/c1-2-28-10-13(9-26-28)4-3-12-5-6-15(21)14(7-12)18(11-20)8-16(19(22,23)24)29-17(25)27-18/h5-7,9-10,16H,2,8,11H2,1H3,(H2,25,27)/t16-,18+/m0/s1. The van der Waals surface area contributed by atoms with Crippen molar-refractivity contribution in [2.45, 2.75) is 37.7 Å². The Bertz CT molecular complexity index is 988. The number of amidine groups is 1. The summed E-state index contributed by atoms with van der Waals surface area (Å²) in [5, 5.41) is 4.07.